The van der Waals surface area contributed by atoms with Crippen LogP contribution in [0.4, 0.5) is 0 Å². The molecule has 0 spiro atoms. The van der Waals surface area contributed by atoms with Gasteiger partial charge in [-0.1, -0.05) is 22.9 Å². The van der Waals surface area contributed by atoms with Crippen molar-refractivity contribution in [1.82, 2.24) is 5.32 Å². The molecule has 0 unspecified atom stereocenters. The minimum Gasteiger partial charge on any atom is -0.493 e. The van der Waals surface area contributed by atoms with E-state index in [1.807, 2.05) is 6.07 Å². The summed E-state index contributed by atoms with van der Waals surface area (Å²) in [5.74, 6) is 1.80. The highest BCUT2D eigenvalue weighted by Crippen LogP contribution is 2.30. The molecule has 1 aliphatic rings. The van der Waals surface area contributed by atoms with E-state index in [2.05, 4.69) is 40.3 Å². The Morgan fingerprint density at radius 2 is 2.25 bits per heavy atom. The van der Waals surface area contributed by atoms with Gasteiger partial charge < -0.3 is 10.1 Å². The van der Waals surface area contributed by atoms with Crippen LogP contribution in [0.5, 0.6) is 5.75 Å². The smallest absolute Gasteiger partial charge is 0.119 e. The number of benzene rings is 1. The summed E-state index contributed by atoms with van der Waals surface area (Å²) in [4.78, 5) is 0. The van der Waals surface area contributed by atoms with Gasteiger partial charge in [-0.05, 0) is 49.1 Å². The standard InChI is InChI=1S/C13H18BrNO/c1-2-15-8-11-7-12(5-6-13(11)14)16-9-10-3-4-10/h5-7,10,15H,2-4,8-9H2,1H3. The highest BCUT2D eigenvalue weighted by Gasteiger charge is 2.21. The lowest BCUT2D eigenvalue weighted by atomic mass is 10.2. The van der Waals surface area contributed by atoms with Crippen LogP contribution in [0.15, 0.2) is 22.7 Å². The van der Waals surface area contributed by atoms with Crippen LogP contribution in [0, 0.1) is 5.92 Å². The number of halogens is 1. The SMILES string of the molecule is CCNCc1cc(OCC2CC2)ccc1Br. The van der Waals surface area contributed by atoms with Gasteiger partial charge in [-0.2, -0.15) is 0 Å². The lowest BCUT2D eigenvalue weighted by molar-refractivity contribution is 0.299. The molecule has 2 nitrogen and oxygen atoms in total. The van der Waals surface area contributed by atoms with Gasteiger partial charge in [-0.15, -0.1) is 0 Å². The first-order chi connectivity index (χ1) is 7.79. The molecule has 1 aromatic rings. The van der Waals surface area contributed by atoms with Crippen molar-refractivity contribution in [1.29, 1.82) is 0 Å². The molecule has 16 heavy (non-hydrogen) atoms. The average Bonchev–Trinajstić information content (AvgIpc) is 3.10. The zero-order valence-corrected chi connectivity index (χ0v) is 11.2. The zero-order chi connectivity index (χ0) is 11.4. The van der Waals surface area contributed by atoms with Crippen LogP contribution in [-0.2, 0) is 6.54 Å². The van der Waals surface area contributed by atoms with E-state index in [0.717, 1.165) is 35.8 Å². The Balaban J connectivity index is 1.95. The molecule has 0 aliphatic heterocycles. The van der Waals surface area contributed by atoms with Gasteiger partial charge in [0.15, 0.2) is 0 Å². The van der Waals surface area contributed by atoms with E-state index >= 15 is 0 Å². The predicted molar refractivity (Wildman–Crippen MR) is 69.7 cm³/mol. The summed E-state index contributed by atoms with van der Waals surface area (Å²) in [6.45, 7) is 4.86. The van der Waals surface area contributed by atoms with Crippen LogP contribution in [0.25, 0.3) is 0 Å². The minimum atomic E-state index is 0.806. The van der Waals surface area contributed by atoms with Crippen molar-refractivity contribution in [2.45, 2.75) is 26.3 Å². The molecule has 0 atom stereocenters. The van der Waals surface area contributed by atoms with Gasteiger partial charge in [-0.25, -0.2) is 0 Å². The minimum absolute atomic E-state index is 0.806. The van der Waals surface area contributed by atoms with Gasteiger partial charge in [0.25, 0.3) is 0 Å². The third-order valence-electron chi connectivity index (χ3n) is 2.77. The van der Waals surface area contributed by atoms with Gasteiger partial charge in [0, 0.05) is 11.0 Å². The molecule has 1 aliphatic carbocycles. The maximum atomic E-state index is 5.76. The van der Waals surface area contributed by atoms with Gasteiger partial charge in [-0.3, -0.25) is 0 Å². The summed E-state index contributed by atoms with van der Waals surface area (Å²) in [6.07, 6.45) is 2.67. The fraction of sp³-hybridized carbons (Fsp3) is 0.538. The molecule has 0 aromatic heterocycles. The van der Waals surface area contributed by atoms with Crippen molar-refractivity contribution in [3.8, 4) is 5.75 Å². The number of nitrogens with one attached hydrogen (secondary N) is 1. The van der Waals surface area contributed by atoms with Crippen molar-refractivity contribution < 1.29 is 4.74 Å². The molecule has 1 saturated carbocycles. The molecule has 88 valence electrons. The van der Waals surface area contributed by atoms with Crippen molar-refractivity contribution in [3.63, 3.8) is 0 Å². The molecule has 0 saturated heterocycles. The Morgan fingerprint density at radius 3 is 2.94 bits per heavy atom. The van der Waals surface area contributed by atoms with Gasteiger partial charge in [0.05, 0.1) is 6.61 Å². The van der Waals surface area contributed by atoms with Crippen molar-refractivity contribution >= 4 is 15.9 Å². The third-order valence-corrected chi connectivity index (χ3v) is 3.54. The molecule has 0 heterocycles. The van der Waals surface area contributed by atoms with E-state index in [-0.39, 0.29) is 0 Å². The molecule has 2 rings (SSSR count). The number of hydrogen-bond donors (Lipinski definition) is 1. The Hall–Kier alpha value is -0.540. The quantitative estimate of drug-likeness (QED) is 0.865. The lowest BCUT2D eigenvalue weighted by Gasteiger charge is -2.09. The first-order valence-corrected chi connectivity index (χ1v) is 6.71. The van der Waals surface area contributed by atoms with Gasteiger partial charge >= 0.3 is 0 Å². The summed E-state index contributed by atoms with van der Waals surface area (Å²) >= 11 is 3.56. The predicted octanol–water partition coefficient (Wildman–Crippen LogP) is 3.35. The summed E-state index contributed by atoms with van der Waals surface area (Å²) in [7, 11) is 0. The fourth-order valence-electron chi connectivity index (χ4n) is 1.53. The number of ether oxygens (including phenoxy) is 1. The van der Waals surface area contributed by atoms with Crippen molar-refractivity contribution in [2.24, 2.45) is 5.92 Å². The summed E-state index contributed by atoms with van der Waals surface area (Å²) in [5, 5.41) is 3.32. The van der Waals surface area contributed by atoms with Crippen molar-refractivity contribution in [3.05, 3.63) is 28.2 Å². The van der Waals surface area contributed by atoms with Gasteiger partial charge in [0.1, 0.15) is 5.75 Å². The first-order valence-electron chi connectivity index (χ1n) is 5.91. The van der Waals surface area contributed by atoms with E-state index < -0.39 is 0 Å². The second kappa shape index (κ2) is 5.69. The molecule has 0 amide bonds. The number of rotatable bonds is 6. The molecular weight excluding hydrogens is 266 g/mol. The summed E-state index contributed by atoms with van der Waals surface area (Å²) in [6, 6.07) is 6.21. The summed E-state index contributed by atoms with van der Waals surface area (Å²) < 4.78 is 6.90. The third kappa shape index (κ3) is 3.49. The van der Waals surface area contributed by atoms with Crippen LogP contribution in [-0.4, -0.2) is 13.2 Å². The van der Waals surface area contributed by atoms with Crippen LogP contribution in [0.1, 0.15) is 25.3 Å². The highest BCUT2D eigenvalue weighted by atomic mass is 79.9. The Bertz CT molecular complexity index is 350. The average molecular weight is 284 g/mol. The Kier molecular flexibility index (Phi) is 4.24. The maximum Gasteiger partial charge on any atom is 0.119 e. The molecule has 0 radical (unpaired) electrons. The second-order valence-corrected chi connectivity index (χ2v) is 5.14. The van der Waals surface area contributed by atoms with Crippen LogP contribution in [0.2, 0.25) is 0 Å². The fourth-order valence-corrected chi connectivity index (χ4v) is 1.92. The molecule has 1 fully saturated rings. The molecule has 0 bridgehead atoms. The first kappa shape index (κ1) is 11.9. The van der Waals surface area contributed by atoms with E-state index in [4.69, 9.17) is 4.74 Å². The highest BCUT2D eigenvalue weighted by molar-refractivity contribution is 9.10. The Morgan fingerprint density at radius 1 is 1.44 bits per heavy atom. The van der Waals surface area contributed by atoms with Crippen LogP contribution >= 0.6 is 15.9 Å². The van der Waals surface area contributed by atoms with Crippen molar-refractivity contribution in [2.75, 3.05) is 13.2 Å². The molecular formula is C13H18BrNO. The van der Waals surface area contributed by atoms with Crippen LogP contribution < -0.4 is 10.1 Å². The zero-order valence-electron chi connectivity index (χ0n) is 9.63. The van der Waals surface area contributed by atoms with E-state index in [0.29, 0.717) is 0 Å². The Labute approximate surface area is 106 Å². The monoisotopic (exact) mass is 283 g/mol. The second-order valence-electron chi connectivity index (χ2n) is 4.29. The van der Waals surface area contributed by atoms with E-state index in [9.17, 15) is 0 Å². The molecule has 3 heteroatoms. The maximum absolute atomic E-state index is 5.76. The van der Waals surface area contributed by atoms with Crippen LogP contribution in [0.3, 0.4) is 0 Å². The normalized spacial score (nSPS) is 15.1. The number of hydrogen-bond acceptors (Lipinski definition) is 2. The largest absolute Gasteiger partial charge is 0.493 e. The van der Waals surface area contributed by atoms with Gasteiger partial charge in [0.2, 0.25) is 0 Å². The van der Waals surface area contributed by atoms with E-state index in [1.54, 1.807) is 0 Å². The molecule has 1 aromatic carbocycles. The van der Waals surface area contributed by atoms with E-state index in [1.165, 1.54) is 18.4 Å². The summed E-state index contributed by atoms with van der Waals surface area (Å²) in [5.41, 5.74) is 1.26. The topological polar surface area (TPSA) is 21.3 Å². The lowest BCUT2D eigenvalue weighted by Crippen LogP contribution is -2.12. The molecule has 1 N–H and O–H groups in total.